The topological polar surface area (TPSA) is 39.3 Å². The number of fused-ring (bicyclic) bond motifs is 2. The summed E-state index contributed by atoms with van der Waals surface area (Å²) in [6, 6.07) is 18.9. The summed E-state index contributed by atoms with van der Waals surface area (Å²) < 4.78 is 0. The van der Waals surface area contributed by atoms with Gasteiger partial charge in [-0.1, -0.05) is 48.6 Å². The first-order valence-corrected chi connectivity index (χ1v) is 11.1. The smallest absolute Gasteiger partial charge is 0.254 e. The average Bonchev–Trinajstić information content (AvgIpc) is 3.27. The summed E-state index contributed by atoms with van der Waals surface area (Å²) in [4.78, 5) is 21.2. The van der Waals surface area contributed by atoms with E-state index < -0.39 is 0 Å². The van der Waals surface area contributed by atoms with Crippen molar-refractivity contribution in [3.8, 4) is 0 Å². The lowest BCUT2D eigenvalue weighted by atomic mass is 9.83. The van der Waals surface area contributed by atoms with E-state index in [4.69, 9.17) is 0 Å². The lowest BCUT2D eigenvalue weighted by Gasteiger charge is -2.47. The zero-order valence-corrected chi connectivity index (χ0v) is 17.3. The second kappa shape index (κ2) is 8.49. The van der Waals surface area contributed by atoms with Crippen LogP contribution in [0.4, 0.5) is 0 Å². The van der Waals surface area contributed by atoms with Crippen LogP contribution in [-0.2, 0) is 0 Å². The predicted octanol–water partition coefficient (Wildman–Crippen LogP) is 4.81. The van der Waals surface area contributed by atoms with Crippen LogP contribution in [0.3, 0.4) is 0 Å². The van der Waals surface area contributed by atoms with Gasteiger partial charge in [0.2, 0.25) is 0 Å². The van der Waals surface area contributed by atoms with Gasteiger partial charge in [0.1, 0.15) is 0 Å². The molecule has 1 N–H and O–H groups in total. The van der Waals surface area contributed by atoms with Crippen LogP contribution >= 0.6 is 0 Å². The van der Waals surface area contributed by atoms with Crippen LogP contribution in [0.15, 0.2) is 66.9 Å². The summed E-state index contributed by atoms with van der Waals surface area (Å²) >= 11 is 0. The lowest BCUT2D eigenvalue weighted by Crippen LogP contribution is -2.55. The van der Waals surface area contributed by atoms with E-state index in [1.54, 1.807) is 0 Å². The van der Waals surface area contributed by atoms with Crippen molar-refractivity contribution in [2.45, 2.75) is 25.3 Å². The number of rotatable bonds is 4. The monoisotopic (exact) mass is 399 g/mol. The first-order chi connectivity index (χ1) is 14.8. The molecule has 2 aliphatic heterocycles. The number of piperidine rings is 2. The van der Waals surface area contributed by atoms with E-state index in [0.29, 0.717) is 12.0 Å². The van der Waals surface area contributed by atoms with Crippen LogP contribution in [-0.4, -0.2) is 52.9 Å². The molecule has 3 heterocycles. The highest BCUT2D eigenvalue weighted by Gasteiger charge is 2.38. The molecule has 0 aliphatic carbocycles. The third kappa shape index (κ3) is 3.92. The van der Waals surface area contributed by atoms with Crippen molar-refractivity contribution >= 4 is 22.9 Å². The van der Waals surface area contributed by atoms with E-state index in [9.17, 15) is 4.79 Å². The Kier molecular flexibility index (Phi) is 5.41. The largest absolute Gasteiger partial charge is 0.361 e. The van der Waals surface area contributed by atoms with E-state index in [0.717, 1.165) is 55.5 Å². The second-order valence-corrected chi connectivity index (χ2v) is 8.61. The minimum absolute atomic E-state index is 0.193. The first-order valence-electron chi connectivity index (χ1n) is 11.1. The Morgan fingerprint density at radius 2 is 1.97 bits per heavy atom. The molecule has 2 fully saturated rings. The van der Waals surface area contributed by atoms with Crippen LogP contribution in [0.2, 0.25) is 0 Å². The third-order valence-corrected chi connectivity index (χ3v) is 6.69. The molecule has 3 aromatic rings. The molecule has 0 saturated carbocycles. The van der Waals surface area contributed by atoms with Crippen LogP contribution < -0.4 is 0 Å². The Morgan fingerprint density at radius 3 is 2.87 bits per heavy atom. The summed E-state index contributed by atoms with van der Waals surface area (Å²) in [5, 5.41) is 1.15. The molecule has 5 rings (SSSR count). The molecule has 0 unspecified atom stereocenters. The number of benzene rings is 2. The van der Waals surface area contributed by atoms with Gasteiger partial charge in [-0.3, -0.25) is 9.69 Å². The normalized spacial score (nSPS) is 22.5. The number of aromatic nitrogens is 1. The molecule has 0 spiro atoms. The maximum absolute atomic E-state index is 13.3. The lowest BCUT2D eigenvalue weighted by molar-refractivity contribution is 0.0226. The van der Waals surface area contributed by atoms with Crippen LogP contribution in [0.5, 0.6) is 0 Å². The zero-order valence-electron chi connectivity index (χ0n) is 17.3. The number of nitrogens with one attached hydrogen (secondary N) is 1. The fourth-order valence-electron chi connectivity index (χ4n) is 5.15. The second-order valence-electron chi connectivity index (χ2n) is 8.61. The molecule has 1 aromatic heterocycles. The highest BCUT2D eigenvalue weighted by atomic mass is 16.2. The first kappa shape index (κ1) is 19.1. The molecule has 2 aromatic carbocycles. The van der Waals surface area contributed by atoms with Crippen LogP contribution in [0.25, 0.3) is 17.0 Å². The van der Waals surface area contributed by atoms with Gasteiger partial charge in [-0.05, 0) is 54.3 Å². The van der Waals surface area contributed by atoms with Crippen molar-refractivity contribution in [3.63, 3.8) is 0 Å². The van der Waals surface area contributed by atoms with Crippen molar-refractivity contribution in [1.29, 1.82) is 0 Å². The van der Waals surface area contributed by atoms with Gasteiger partial charge in [0, 0.05) is 49.5 Å². The van der Waals surface area contributed by atoms with Crippen molar-refractivity contribution in [1.82, 2.24) is 14.8 Å². The van der Waals surface area contributed by atoms with Gasteiger partial charge >= 0.3 is 0 Å². The number of aromatic amines is 1. The van der Waals surface area contributed by atoms with Gasteiger partial charge < -0.3 is 9.88 Å². The molecule has 2 saturated heterocycles. The number of H-pyrrole nitrogens is 1. The molecule has 4 nitrogen and oxygen atoms in total. The zero-order chi connectivity index (χ0) is 20.3. The van der Waals surface area contributed by atoms with Gasteiger partial charge in [0.25, 0.3) is 5.91 Å². The van der Waals surface area contributed by atoms with Gasteiger partial charge in [0.05, 0.1) is 0 Å². The Labute approximate surface area is 178 Å². The number of nitrogens with zero attached hydrogens (tertiary/aromatic N) is 2. The molecule has 30 heavy (non-hydrogen) atoms. The standard InChI is InChI=1S/C26H29N3O/c30-26(22-11-10-21-12-14-27-24(21)18-22)29-16-5-9-23-19-28(17-13-25(23)29)15-4-8-20-6-2-1-3-7-20/h1-4,6-8,10-12,14,18,23,25,27H,5,9,13,15-17,19H2/b8-4+/t23-,25-/m1/s1. The fourth-order valence-corrected chi connectivity index (χ4v) is 5.15. The van der Waals surface area contributed by atoms with Gasteiger partial charge in [0.15, 0.2) is 0 Å². The highest BCUT2D eigenvalue weighted by molar-refractivity contribution is 5.98. The molecular weight excluding hydrogens is 370 g/mol. The third-order valence-electron chi connectivity index (χ3n) is 6.69. The quantitative estimate of drug-likeness (QED) is 0.684. The summed E-state index contributed by atoms with van der Waals surface area (Å²) in [6.45, 7) is 4.01. The average molecular weight is 400 g/mol. The van der Waals surface area contributed by atoms with E-state index in [2.05, 4.69) is 57.3 Å². The highest BCUT2D eigenvalue weighted by Crippen LogP contribution is 2.32. The summed E-state index contributed by atoms with van der Waals surface area (Å²) in [6.07, 6.45) is 9.80. The Morgan fingerprint density at radius 1 is 1.07 bits per heavy atom. The van der Waals surface area contributed by atoms with Gasteiger partial charge in [-0.25, -0.2) is 0 Å². The van der Waals surface area contributed by atoms with E-state index in [1.165, 1.54) is 12.0 Å². The molecule has 2 atom stereocenters. The Hall–Kier alpha value is -2.85. The molecule has 154 valence electrons. The van der Waals surface area contributed by atoms with Gasteiger partial charge in [-0.2, -0.15) is 0 Å². The van der Waals surface area contributed by atoms with E-state index in [-0.39, 0.29) is 5.91 Å². The summed E-state index contributed by atoms with van der Waals surface area (Å²) in [5.41, 5.74) is 3.09. The number of hydrogen-bond donors (Lipinski definition) is 1. The molecule has 0 radical (unpaired) electrons. The molecule has 4 heteroatoms. The minimum Gasteiger partial charge on any atom is -0.361 e. The maximum atomic E-state index is 13.3. The van der Waals surface area contributed by atoms with Crippen LogP contribution in [0, 0.1) is 5.92 Å². The van der Waals surface area contributed by atoms with Gasteiger partial charge in [-0.15, -0.1) is 0 Å². The van der Waals surface area contributed by atoms with E-state index >= 15 is 0 Å². The van der Waals surface area contributed by atoms with Crippen LogP contribution in [0.1, 0.15) is 35.2 Å². The van der Waals surface area contributed by atoms with Crippen molar-refractivity contribution in [2.75, 3.05) is 26.2 Å². The van der Waals surface area contributed by atoms with E-state index in [1.807, 2.05) is 30.5 Å². The van der Waals surface area contributed by atoms with Crippen molar-refractivity contribution in [2.24, 2.45) is 5.92 Å². The summed E-state index contributed by atoms with van der Waals surface area (Å²) in [7, 11) is 0. The number of hydrogen-bond acceptors (Lipinski definition) is 2. The Bertz CT molecular complexity index is 1040. The number of likely N-dealkylation sites (tertiary alicyclic amines) is 2. The number of carbonyl (C=O) groups is 1. The van der Waals surface area contributed by atoms with Crippen molar-refractivity contribution < 1.29 is 4.79 Å². The minimum atomic E-state index is 0.193. The maximum Gasteiger partial charge on any atom is 0.254 e. The number of carbonyl (C=O) groups excluding carboxylic acids is 1. The molecular formula is C26H29N3O. The number of amides is 1. The Balaban J connectivity index is 1.23. The SMILES string of the molecule is O=C(c1ccc2cc[nH]c2c1)N1CCC[C@@H]2CN(C/C=C/c3ccccc3)CC[C@H]21. The predicted molar refractivity (Wildman–Crippen MR) is 122 cm³/mol. The fraction of sp³-hybridized carbons (Fsp3) is 0.346. The molecule has 2 aliphatic rings. The molecule has 1 amide bonds. The molecule has 0 bridgehead atoms. The summed E-state index contributed by atoms with van der Waals surface area (Å²) in [5.74, 6) is 0.773. The van der Waals surface area contributed by atoms with Crippen molar-refractivity contribution in [3.05, 3.63) is 78.0 Å².